The fourth-order valence-corrected chi connectivity index (χ4v) is 2.02. The number of nitrogens with one attached hydrogen (secondary N) is 1. The van der Waals surface area contributed by atoms with E-state index >= 15 is 0 Å². The number of halogens is 2. The van der Waals surface area contributed by atoms with Crippen LogP contribution in [0.3, 0.4) is 0 Å². The van der Waals surface area contributed by atoms with Crippen molar-refractivity contribution in [3.63, 3.8) is 0 Å². The van der Waals surface area contributed by atoms with Crippen molar-refractivity contribution in [3.8, 4) is 5.69 Å². The molecule has 0 radical (unpaired) electrons. The Hall–Kier alpha value is -1.99. The Morgan fingerprint density at radius 2 is 2.08 bits per heavy atom. The van der Waals surface area contributed by atoms with Crippen LogP contribution in [0.1, 0.15) is 43.1 Å². The van der Waals surface area contributed by atoms with Gasteiger partial charge in [-0.3, -0.25) is 4.79 Å². The molecule has 0 aliphatic carbocycles. The van der Waals surface area contributed by atoms with Crippen LogP contribution in [0.15, 0.2) is 24.3 Å². The summed E-state index contributed by atoms with van der Waals surface area (Å²) in [6.07, 6.45) is 0. The molecule has 1 amide bonds. The zero-order valence-electron chi connectivity index (χ0n) is 14.0. The summed E-state index contributed by atoms with van der Waals surface area (Å²) < 4.78 is 15.0. The van der Waals surface area contributed by atoms with Gasteiger partial charge in [-0.25, -0.2) is 14.1 Å². The Kier molecular flexibility index (Phi) is 7.31. The second-order valence-electron chi connectivity index (χ2n) is 5.89. The smallest absolute Gasteiger partial charge is 0.290 e. The summed E-state index contributed by atoms with van der Waals surface area (Å²) in [6, 6.07) is 6.04. The average molecular weight is 356 g/mol. The first kappa shape index (κ1) is 20.1. The van der Waals surface area contributed by atoms with E-state index in [4.69, 9.17) is 5.73 Å². The van der Waals surface area contributed by atoms with E-state index in [9.17, 15) is 9.18 Å². The van der Waals surface area contributed by atoms with Crippen molar-refractivity contribution >= 4 is 18.3 Å². The molecule has 24 heavy (non-hydrogen) atoms. The molecular weight excluding hydrogens is 333 g/mol. The minimum absolute atomic E-state index is 0. The van der Waals surface area contributed by atoms with Gasteiger partial charge in [0.1, 0.15) is 11.6 Å². The molecule has 1 unspecified atom stereocenters. The van der Waals surface area contributed by atoms with Crippen LogP contribution in [0, 0.1) is 11.7 Å². The van der Waals surface area contributed by atoms with Crippen LogP contribution in [-0.4, -0.2) is 33.8 Å². The Morgan fingerprint density at radius 3 is 2.67 bits per heavy atom. The van der Waals surface area contributed by atoms with Gasteiger partial charge in [-0.2, -0.15) is 0 Å². The van der Waals surface area contributed by atoms with E-state index in [0.29, 0.717) is 24.6 Å². The van der Waals surface area contributed by atoms with Crippen molar-refractivity contribution in [2.45, 2.75) is 26.7 Å². The lowest BCUT2D eigenvalue weighted by Gasteiger charge is -2.08. The predicted molar refractivity (Wildman–Crippen MR) is 93.2 cm³/mol. The van der Waals surface area contributed by atoms with E-state index in [-0.39, 0.29) is 41.8 Å². The highest BCUT2D eigenvalue weighted by Gasteiger charge is 2.19. The molecule has 0 saturated heterocycles. The van der Waals surface area contributed by atoms with Gasteiger partial charge in [-0.05, 0) is 30.7 Å². The molecule has 0 aliphatic rings. The molecule has 0 aliphatic heterocycles. The highest BCUT2D eigenvalue weighted by Crippen LogP contribution is 2.18. The number of nitrogens with two attached hydrogens (primary N) is 1. The fraction of sp³-hybridized carbons (Fsp3) is 0.438. The molecule has 8 heteroatoms. The third-order valence-electron chi connectivity index (χ3n) is 3.42. The maximum atomic E-state index is 13.4. The maximum Gasteiger partial charge on any atom is 0.290 e. The molecule has 3 N–H and O–H groups in total. The largest absolute Gasteiger partial charge is 0.349 e. The van der Waals surface area contributed by atoms with Gasteiger partial charge in [0.25, 0.3) is 5.91 Å². The van der Waals surface area contributed by atoms with Gasteiger partial charge in [0.15, 0.2) is 0 Å². The molecule has 1 atom stereocenters. The predicted octanol–water partition coefficient (Wildman–Crippen LogP) is 2.28. The van der Waals surface area contributed by atoms with Gasteiger partial charge < -0.3 is 11.1 Å². The Morgan fingerprint density at radius 1 is 1.38 bits per heavy atom. The van der Waals surface area contributed by atoms with Crippen LogP contribution in [0.5, 0.6) is 0 Å². The molecule has 1 heterocycles. The first-order valence-corrected chi connectivity index (χ1v) is 7.63. The molecule has 2 rings (SSSR count). The Labute approximate surface area is 147 Å². The van der Waals surface area contributed by atoms with E-state index in [1.165, 1.54) is 16.8 Å². The van der Waals surface area contributed by atoms with E-state index < -0.39 is 0 Å². The van der Waals surface area contributed by atoms with Gasteiger partial charge in [0, 0.05) is 12.5 Å². The molecule has 1 aromatic carbocycles. The van der Waals surface area contributed by atoms with Crippen molar-refractivity contribution in [1.82, 2.24) is 20.1 Å². The van der Waals surface area contributed by atoms with E-state index in [1.807, 2.05) is 20.8 Å². The van der Waals surface area contributed by atoms with Crippen molar-refractivity contribution in [2.75, 3.05) is 13.1 Å². The standard InChI is InChI=1S/C16H22FN5O.ClH/c1-10(2)15-20-14(16(23)19-9-11(3)8-18)21-22(15)13-6-4-5-12(17)7-13;/h4-7,10-11H,8-9,18H2,1-3H3,(H,19,23);1H. The van der Waals surface area contributed by atoms with E-state index in [2.05, 4.69) is 15.4 Å². The molecular formula is C16H23ClFN5O. The number of amides is 1. The minimum Gasteiger partial charge on any atom is -0.349 e. The molecule has 6 nitrogen and oxygen atoms in total. The van der Waals surface area contributed by atoms with Crippen LogP contribution in [0.25, 0.3) is 5.69 Å². The summed E-state index contributed by atoms with van der Waals surface area (Å²) in [4.78, 5) is 16.5. The van der Waals surface area contributed by atoms with Gasteiger partial charge >= 0.3 is 0 Å². The number of hydrogen-bond donors (Lipinski definition) is 2. The quantitative estimate of drug-likeness (QED) is 0.832. The van der Waals surface area contributed by atoms with E-state index in [1.54, 1.807) is 12.1 Å². The third kappa shape index (κ3) is 4.75. The Bertz CT molecular complexity index is 689. The first-order chi connectivity index (χ1) is 10.9. The van der Waals surface area contributed by atoms with Crippen molar-refractivity contribution in [3.05, 3.63) is 41.7 Å². The summed E-state index contributed by atoms with van der Waals surface area (Å²) >= 11 is 0. The number of benzene rings is 1. The first-order valence-electron chi connectivity index (χ1n) is 7.63. The highest BCUT2D eigenvalue weighted by atomic mass is 35.5. The third-order valence-corrected chi connectivity index (χ3v) is 3.42. The molecule has 1 aromatic heterocycles. The van der Waals surface area contributed by atoms with E-state index in [0.717, 1.165) is 0 Å². The summed E-state index contributed by atoms with van der Waals surface area (Å²) in [5.74, 6) is 0.164. The molecule has 2 aromatic rings. The summed E-state index contributed by atoms with van der Waals surface area (Å²) in [6.45, 7) is 6.78. The van der Waals surface area contributed by atoms with Gasteiger partial charge in [0.2, 0.25) is 5.82 Å². The molecule has 0 fully saturated rings. The number of hydrogen-bond acceptors (Lipinski definition) is 4. The zero-order chi connectivity index (χ0) is 17.0. The van der Waals surface area contributed by atoms with Crippen LogP contribution >= 0.6 is 12.4 Å². The number of nitrogens with zero attached hydrogens (tertiary/aromatic N) is 3. The molecule has 0 bridgehead atoms. The summed E-state index contributed by atoms with van der Waals surface area (Å²) in [7, 11) is 0. The summed E-state index contributed by atoms with van der Waals surface area (Å²) in [5.41, 5.74) is 6.07. The zero-order valence-corrected chi connectivity index (χ0v) is 14.8. The van der Waals surface area contributed by atoms with Crippen LogP contribution in [0.4, 0.5) is 4.39 Å². The monoisotopic (exact) mass is 355 g/mol. The second-order valence-corrected chi connectivity index (χ2v) is 5.89. The lowest BCUT2D eigenvalue weighted by atomic mass is 10.2. The minimum atomic E-state index is -0.365. The van der Waals surface area contributed by atoms with Gasteiger partial charge in [-0.15, -0.1) is 17.5 Å². The van der Waals surface area contributed by atoms with Crippen LogP contribution < -0.4 is 11.1 Å². The SMILES string of the molecule is CC(CN)CNC(=O)c1nc(C(C)C)n(-c2cccc(F)c2)n1.Cl. The lowest BCUT2D eigenvalue weighted by molar-refractivity contribution is 0.0938. The number of aromatic nitrogens is 3. The van der Waals surface area contributed by atoms with Crippen LogP contribution in [0.2, 0.25) is 0 Å². The average Bonchev–Trinajstić information content (AvgIpc) is 2.97. The normalized spacial score (nSPS) is 11.9. The molecule has 0 saturated carbocycles. The van der Waals surface area contributed by atoms with Gasteiger partial charge in [0.05, 0.1) is 5.69 Å². The maximum absolute atomic E-state index is 13.4. The number of carbonyl (C=O) groups is 1. The number of carbonyl (C=O) groups excluding carboxylic acids is 1. The second kappa shape index (κ2) is 8.75. The van der Waals surface area contributed by atoms with Gasteiger partial charge in [-0.1, -0.05) is 26.8 Å². The topological polar surface area (TPSA) is 85.8 Å². The lowest BCUT2D eigenvalue weighted by Crippen LogP contribution is -2.32. The van der Waals surface area contributed by atoms with Crippen molar-refractivity contribution < 1.29 is 9.18 Å². The molecule has 0 spiro atoms. The highest BCUT2D eigenvalue weighted by molar-refractivity contribution is 5.90. The van der Waals surface area contributed by atoms with Crippen LogP contribution in [-0.2, 0) is 0 Å². The fourth-order valence-electron chi connectivity index (χ4n) is 2.02. The number of rotatable bonds is 6. The molecule has 132 valence electrons. The van der Waals surface area contributed by atoms with Crippen molar-refractivity contribution in [1.29, 1.82) is 0 Å². The van der Waals surface area contributed by atoms with Crippen molar-refractivity contribution in [2.24, 2.45) is 11.7 Å². The summed E-state index contributed by atoms with van der Waals surface area (Å²) in [5, 5.41) is 7.00. The Balaban J connectivity index is 0.00000288.